The first-order valence-electron chi connectivity index (χ1n) is 5.11. The Morgan fingerprint density at radius 3 is 1.82 bits per heavy atom. The molecule has 1 N–H and O–H groups in total. The molecule has 0 bridgehead atoms. The molecule has 0 aromatic rings. The second kappa shape index (κ2) is 5.92. The summed E-state index contributed by atoms with van der Waals surface area (Å²) >= 11 is 0. The van der Waals surface area contributed by atoms with Gasteiger partial charge in [-0.15, -0.1) is 6.42 Å². The molecule has 1 aliphatic carbocycles. The Labute approximate surface area is 98.6 Å². The van der Waals surface area contributed by atoms with Gasteiger partial charge in [0.05, 0.1) is 5.54 Å². The van der Waals surface area contributed by atoms with E-state index in [4.69, 9.17) is 16.3 Å². The zero-order chi connectivity index (χ0) is 13.7. The number of hydrogen-bond acceptors (Lipinski definition) is 2. The lowest BCUT2D eigenvalue weighted by molar-refractivity contribution is -0.192. The van der Waals surface area contributed by atoms with Crippen molar-refractivity contribution in [3.8, 4) is 12.3 Å². The first-order chi connectivity index (χ1) is 7.65. The summed E-state index contributed by atoms with van der Waals surface area (Å²) in [6.45, 7) is 0. The van der Waals surface area contributed by atoms with Gasteiger partial charge in [-0.05, 0) is 26.9 Å². The lowest BCUT2D eigenvalue weighted by Crippen LogP contribution is -2.39. The number of terminal acetylenes is 1. The molecule has 17 heavy (non-hydrogen) atoms. The number of aliphatic carboxylic acids is 1. The zero-order valence-electron chi connectivity index (χ0n) is 9.84. The quantitative estimate of drug-likeness (QED) is 0.726. The van der Waals surface area contributed by atoms with Crippen LogP contribution in [0.4, 0.5) is 13.2 Å². The normalized spacial score (nSPS) is 18.2. The fraction of sp³-hybridized carbons (Fsp3) is 0.727. The molecule has 0 aromatic carbocycles. The van der Waals surface area contributed by atoms with Crippen LogP contribution in [0.15, 0.2) is 0 Å². The van der Waals surface area contributed by atoms with E-state index < -0.39 is 12.1 Å². The largest absolute Gasteiger partial charge is 0.490 e. The number of carboxylic acid groups (broad SMARTS) is 1. The smallest absolute Gasteiger partial charge is 0.475 e. The van der Waals surface area contributed by atoms with Crippen molar-refractivity contribution in [2.45, 2.75) is 37.4 Å². The van der Waals surface area contributed by atoms with E-state index >= 15 is 0 Å². The summed E-state index contributed by atoms with van der Waals surface area (Å²) in [4.78, 5) is 11.1. The van der Waals surface area contributed by atoms with Crippen LogP contribution in [0, 0.1) is 12.3 Å². The van der Waals surface area contributed by atoms with Crippen molar-refractivity contribution >= 4 is 5.97 Å². The second-order valence-electron chi connectivity index (χ2n) is 4.08. The molecule has 1 rings (SSSR count). The Morgan fingerprint density at radius 1 is 1.35 bits per heavy atom. The van der Waals surface area contributed by atoms with Crippen molar-refractivity contribution in [1.82, 2.24) is 4.90 Å². The molecule has 6 heteroatoms. The molecule has 0 radical (unpaired) electrons. The first-order valence-corrected chi connectivity index (χ1v) is 5.11. The van der Waals surface area contributed by atoms with Gasteiger partial charge in [0, 0.05) is 0 Å². The Morgan fingerprint density at radius 2 is 1.71 bits per heavy atom. The van der Waals surface area contributed by atoms with Gasteiger partial charge in [0.1, 0.15) is 0 Å². The number of rotatable bonds is 1. The molecule has 0 saturated heterocycles. The molecule has 1 fully saturated rings. The highest BCUT2D eigenvalue weighted by Crippen LogP contribution is 2.32. The van der Waals surface area contributed by atoms with E-state index in [1.54, 1.807) is 0 Å². The summed E-state index contributed by atoms with van der Waals surface area (Å²) in [7, 11) is 4.15. The van der Waals surface area contributed by atoms with Gasteiger partial charge < -0.3 is 5.11 Å². The van der Waals surface area contributed by atoms with Crippen molar-refractivity contribution in [3.63, 3.8) is 0 Å². The minimum Gasteiger partial charge on any atom is -0.475 e. The molecule has 1 aliphatic rings. The third-order valence-corrected chi connectivity index (χ3v) is 2.80. The summed E-state index contributed by atoms with van der Waals surface area (Å²) in [5.74, 6) is 0.146. The fourth-order valence-corrected chi connectivity index (χ4v) is 1.68. The molecular formula is C11H16F3NO2. The van der Waals surface area contributed by atoms with Gasteiger partial charge in [-0.1, -0.05) is 18.8 Å². The number of alkyl halides is 3. The topological polar surface area (TPSA) is 40.5 Å². The summed E-state index contributed by atoms with van der Waals surface area (Å²) < 4.78 is 31.7. The van der Waals surface area contributed by atoms with Gasteiger partial charge in [-0.3, -0.25) is 4.90 Å². The molecular weight excluding hydrogens is 235 g/mol. The minimum atomic E-state index is -5.08. The van der Waals surface area contributed by atoms with Gasteiger partial charge in [-0.25, -0.2) is 4.79 Å². The molecule has 98 valence electrons. The van der Waals surface area contributed by atoms with Gasteiger partial charge >= 0.3 is 12.1 Å². The highest BCUT2D eigenvalue weighted by molar-refractivity contribution is 5.73. The van der Waals surface area contributed by atoms with Crippen LogP contribution in [0.25, 0.3) is 0 Å². The van der Waals surface area contributed by atoms with E-state index in [1.165, 1.54) is 25.7 Å². The molecule has 0 heterocycles. The molecule has 0 atom stereocenters. The van der Waals surface area contributed by atoms with Crippen LogP contribution in [0.5, 0.6) is 0 Å². The van der Waals surface area contributed by atoms with Crippen molar-refractivity contribution in [3.05, 3.63) is 0 Å². The van der Waals surface area contributed by atoms with Crippen LogP contribution >= 0.6 is 0 Å². The zero-order valence-corrected chi connectivity index (χ0v) is 9.84. The van der Waals surface area contributed by atoms with Crippen LogP contribution < -0.4 is 0 Å². The van der Waals surface area contributed by atoms with E-state index in [1.807, 2.05) is 0 Å². The molecule has 0 spiro atoms. The van der Waals surface area contributed by atoms with Crippen molar-refractivity contribution in [2.75, 3.05) is 14.1 Å². The van der Waals surface area contributed by atoms with Gasteiger partial charge in [0.2, 0.25) is 0 Å². The van der Waals surface area contributed by atoms with Crippen molar-refractivity contribution < 1.29 is 23.1 Å². The van der Waals surface area contributed by atoms with Crippen LogP contribution in [-0.2, 0) is 4.79 Å². The van der Waals surface area contributed by atoms with Gasteiger partial charge in [0.25, 0.3) is 0 Å². The summed E-state index contributed by atoms with van der Waals surface area (Å²) in [6, 6.07) is 0. The third-order valence-electron chi connectivity index (χ3n) is 2.80. The van der Waals surface area contributed by atoms with Crippen LogP contribution in [0.2, 0.25) is 0 Å². The van der Waals surface area contributed by atoms with Gasteiger partial charge in [-0.2, -0.15) is 13.2 Å². The van der Waals surface area contributed by atoms with Gasteiger partial charge in [0.15, 0.2) is 0 Å². The summed E-state index contributed by atoms with van der Waals surface area (Å²) in [5, 5.41) is 7.12. The Bertz CT molecular complexity index is 299. The third kappa shape index (κ3) is 4.65. The fourth-order valence-electron chi connectivity index (χ4n) is 1.68. The Hall–Kier alpha value is -1.22. The molecule has 0 unspecified atom stereocenters. The minimum absolute atomic E-state index is 0.0972. The maximum absolute atomic E-state index is 10.6. The highest BCUT2D eigenvalue weighted by Gasteiger charge is 2.38. The molecule has 0 amide bonds. The summed E-state index contributed by atoms with van der Waals surface area (Å²) in [5.41, 5.74) is 0.0972. The standard InChI is InChI=1S/C9H15N.C2HF3O2/c1-4-9(10(2)3)7-5-6-8-9;3-2(4,5)1(6)7/h1H,5-8H2,2-3H3;(H,6,7). The molecule has 1 saturated carbocycles. The predicted octanol–water partition coefficient (Wildman–Crippen LogP) is 2.13. The molecule has 0 aliphatic heterocycles. The van der Waals surface area contributed by atoms with E-state index in [9.17, 15) is 13.2 Å². The van der Waals surface area contributed by atoms with Crippen LogP contribution in [-0.4, -0.2) is 41.8 Å². The van der Waals surface area contributed by atoms with E-state index in [0.717, 1.165) is 0 Å². The first kappa shape index (κ1) is 15.8. The number of hydrogen-bond donors (Lipinski definition) is 1. The number of carboxylic acids is 1. The maximum Gasteiger partial charge on any atom is 0.490 e. The number of halogens is 3. The number of nitrogens with zero attached hydrogens (tertiary/aromatic N) is 1. The van der Waals surface area contributed by atoms with E-state index in [0.29, 0.717) is 0 Å². The van der Waals surface area contributed by atoms with Crippen molar-refractivity contribution in [2.24, 2.45) is 0 Å². The highest BCUT2D eigenvalue weighted by atomic mass is 19.4. The van der Waals surface area contributed by atoms with E-state index in [-0.39, 0.29) is 5.54 Å². The second-order valence-corrected chi connectivity index (χ2v) is 4.08. The monoisotopic (exact) mass is 251 g/mol. The molecule has 3 nitrogen and oxygen atoms in total. The van der Waals surface area contributed by atoms with Crippen molar-refractivity contribution in [1.29, 1.82) is 0 Å². The van der Waals surface area contributed by atoms with Crippen LogP contribution in [0.1, 0.15) is 25.7 Å². The summed E-state index contributed by atoms with van der Waals surface area (Å²) in [6.07, 6.45) is 5.34. The SMILES string of the molecule is C#CC1(N(C)C)CCCC1.O=C(O)C(F)(F)F. The maximum atomic E-state index is 10.6. The predicted molar refractivity (Wildman–Crippen MR) is 57.4 cm³/mol. The Kier molecular flexibility index (Phi) is 5.49. The number of carbonyl (C=O) groups is 1. The lowest BCUT2D eigenvalue weighted by Gasteiger charge is -2.30. The molecule has 0 aromatic heterocycles. The lowest BCUT2D eigenvalue weighted by atomic mass is 9.98. The van der Waals surface area contributed by atoms with E-state index in [2.05, 4.69) is 24.9 Å². The Balaban J connectivity index is 0.000000325. The van der Waals surface area contributed by atoms with Crippen LogP contribution in [0.3, 0.4) is 0 Å². The average molecular weight is 251 g/mol. The average Bonchev–Trinajstić information content (AvgIpc) is 2.66.